The van der Waals surface area contributed by atoms with E-state index < -0.39 is 0 Å². The number of hydrogen-bond acceptors (Lipinski definition) is 0. The molecular weight excluding hydrogens is 264 g/mol. The van der Waals surface area contributed by atoms with Gasteiger partial charge in [0.1, 0.15) is 0 Å². The Morgan fingerprint density at radius 3 is 2.00 bits per heavy atom. The lowest BCUT2D eigenvalue weighted by Crippen LogP contribution is -2.10. The summed E-state index contributed by atoms with van der Waals surface area (Å²) in [5.74, 6) is 1.32. The fourth-order valence-corrected chi connectivity index (χ4v) is 3.69. The summed E-state index contributed by atoms with van der Waals surface area (Å²) in [6.07, 6.45) is 10.7. The van der Waals surface area contributed by atoms with Crippen LogP contribution in [0.25, 0.3) is 0 Å². The monoisotopic (exact) mass is 292 g/mol. The predicted octanol–water partition coefficient (Wildman–Crippen LogP) is 6.84. The topological polar surface area (TPSA) is 0 Å². The second kappa shape index (κ2) is 8.08. The van der Waals surface area contributed by atoms with Crippen LogP contribution in [0.4, 0.5) is 0 Å². The number of alkyl halides is 1. The zero-order chi connectivity index (χ0) is 14.4. The van der Waals surface area contributed by atoms with Crippen molar-refractivity contribution in [3.05, 3.63) is 35.4 Å². The quantitative estimate of drug-likeness (QED) is 0.533. The summed E-state index contributed by atoms with van der Waals surface area (Å²) < 4.78 is 0. The van der Waals surface area contributed by atoms with Crippen molar-refractivity contribution < 1.29 is 0 Å². The highest BCUT2D eigenvalue weighted by Gasteiger charge is 2.21. The van der Waals surface area contributed by atoms with Crippen molar-refractivity contribution in [3.63, 3.8) is 0 Å². The Bertz CT molecular complexity index is 373. The van der Waals surface area contributed by atoms with Crippen molar-refractivity contribution in [2.45, 2.75) is 76.5 Å². The number of halogens is 1. The highest BCUT2D eigenvalue weighted by atomic mass is 35.5. The molecule has 0 nitrogen and oxygen atoms in total. The summed E-state index contributed by atoms with van der Waals surface area (Å²) in [6.45, 7) is 4.54. The Morgan fingerprint density at radius 2 is 1.45 bits per heavy atom. The van der Waals surface area contributed by atoms with Gasteiger partial charge in [-0.2, -0.15) is 0 Å². The molecule has 0 bridgehead atoms. The molecule has 0 heterocycles. The van der Waals surface area contributed by atoms with E-state index >= 15 is 0 Å². The van der Waals surface area contributed by atoms with E-state index in [0.29, 0.717) is 11.8 Å². The van der Waals surface area contributed by atoms with Crippen molar-refractivity contribution in [2.24, 2.45) is 5.92 Å². The summed E-state index contributed by atoms with van der Waals surface area (Å²) >= 11 is 6.78. The number of rotatable bonds is 4. The van der Waals surface area contributed by atoms with Crippen molar-refractivity contribution in [1.82, 2.24) is 0 Å². The molecule has 1 aliphatic carbocycles. The highest BCUT2D eigenvalue weighted by molar-refractivity contribution is 6.21. The van der Waals surface area contributed by atoms with Crippen molar-refractivity contribution in [2.75, 3.05) is 0 Å². The summed E-state index contributed by atoms with van der Waals surface area (Å²) in [6, 6.07) is 9.08. The first kappa shape index (κ1) is 15.9. The summed E-state index contributed by atoms with van der Waals surface area (Å²) in [4.78, 5) is 0. The Kier molecular flexibility index (Phi) is 6.42. The molecule has 0 aliphatic heterocycles. The molecule has 0 radical (unpaired) electrons. The van der Waals surface area contributed by atoms with Gasteiger partial charge in [-0.25, -0.2) is 0 Å². The first-order valence-corrected chi connectivity index (χ1v) is 8.90. The van der Waals surface area contributed by atoms with Gasteiger partial charge < -0.3 is 0 Å². The standard InChI is InChI=1S/C19H29Cl/c1-3-15(2)16-11-13-18(14-12-16)19(20)17-9-7-5-4-6-8-10-17/h11-15,17,19H,3-10H2,1-2H3. The third-order valence-electron chi connectivity index (χ3n) is 5.00. The molecular formula is C19H29Cl. The van der Waals surface area contributed by atoms with Crippen LogP contribution >= 0.6 is 11.6 Å². The molecule has 112 valence electrons. The van der Waals surface area contributed by atoms with Gasteiger partial charge in [0.15, 0.2) is 0 Å². The zero-order valence-electron chi connectivity index (χ0n) is 13.1. The second-order valence-electron chi connectivity index (χ2n) is 6.48. The third-order valence-corrected chi connectivity index (χ3v) is 5.61. The molecule has 1 aromatic carbocycles. The molecule has 0 saturated heterocycles. The number of hydrogen-bond donors (Lipinski definition) is 0. The zero-order valence-corrected chi connectivity index (χ0v) is 13.8. The van der Waals surface area contributed by atoms with Crippen LogP contribution in [0.5, 0.6) is 0 Å². The third kappa shape index (κ3) is 4.25. The first-order valence-electron chi connectivity index (χ1n) is 8.46. The average Bonchev–Trinajstić information content (AvgIpc) is 2.46. The van der Waals surface area contributed by atoms with Crippen molar-refractivity contribution in [1.29, 1.82) is 0 Å². The van der Waals surface area contributed by atoms with Gasteiger partial charge >= 0.3 is 0 Å². The largest absolute Gasteiger partial charge is 0.118 e. The Morgan fingerprint density at radius 1 is 0.950 bits per heavy atom. The molecule has 1 saturated carbocycles. The van der Waals surface area contributed by atoms with Gasteiger partial charge in [0.2, 0.25) is 0 Å². The smallest absolute Gasteiger partial charge is 0.0613 e. The number of benzene rings is 1. The van der Waals surface area contributed by atoms with Crippen LogP contribution in [0.1, 0.15) is 87.6 Å². The van der Waals surface area contributed by atoms with Gasteiger partial charge in [0, 0.05) is 0 Å². The van der Waals surface area contributed by atoms with Crippen molar-refractivity contribution in [3.8, 4) is 0 Å². The Labute approximate surface area is 129 Å². The van der Waals surface area contributed by atoms with E-state index in [4.69, 9.17) is 11.6 Å². The van der Waals surface area contributed by atoms with Gasteiger partial charge in [0.25, 0.3) is 0 Å². The minimum atomic E-state index is 0.207. The van der Waals surface area contributed by atoms with Crippen LogP contribution in [-0.4, -0.2) is 0 Å². The van der Waals surface area contributed by atoms with Crippen LogP contribution < -0.4 is 0 Å². The molecule has 20 heavy (non-hydrogen) atoms. The van der Waals surface area contributed by atoms with E-state index in [2.05, 4.69) is 38.1 Å². The fraction of sp³-hybridized carbons (Fsp3) is 0.684. The molecule has 2 atom stereocenters. The first-order chi connectivity index (χ1) is 9.72. The minimum Gasteiger partial charge on any atom is -0.118 e. The molecule has 0 aromatic heterocycles. The molecule has 1 aromatic rings. The maximum atomic E-state index is 6.78. The van der Waals surface area contributed by atoms with Gasteiger partial charge in [-0.3, -0.25) is 0 Å². The van der Waals surface area contributed by atoms with E-state index in [1.807, 2.05) is 0 Å². The van der Waals surface area contributed by atoms with Crippen LogP contribution in [0.3, 0.4) is 0 Å². The lowest BCUT2D eigenvalue weighted by Gasteiger charge is -2.25. The Hall–Kier alpha value is -0.490. The predicted molar refractivity (Wildman–Crippen MR) is 89.6 cm³/mol. The molecule has 2 unspecified atom stereocenters. The van der Waals surface area contributed by atoms with E-state index in [1.54, 1.807) is 0 Å². The van der Waals surface area contributed by atoms with Crippen LogP contribution in [0.15, 0.2) is 24.3 Å². The highest BCUT2D eigenvalue weighted by Crippen LogP contribution is 2.37. The van der Waals surface area contributed by atoms with Gasteiger partial charge in [-0.05, 0) is 42.2 Å². The van der Waals surface area contributed by atoms with Gasteiger partial charge in [-0.1, -0.05) is 70.2 Å². The maximum Gasteiger partial charge on any atom is 0.0613 e. The summed E-state index contributed by atoms with van der Waals surface area (Å²) in [5.41, 5.74) is 2.77. The lowest BCUT2D eigenvalue weighted by atomic mass is 9.85. The normalized spacial score (nSPS) is 20.9. The molecule has 1 aliphatic rings. The molecule has 0 N–H and O–H groups in total. The molecule has 2 rings (SSSR count). The van der Waals surface area contributed by atoms with E-state index in [1.165, 1.54) is 62.5 Å². The Balaban J connectivity index is 2.01. The minimum absolute atomic E-state index is 0.207. The second-order valence-corrected chi connectivity index (χ2v) is 6.95. The van der Waals surface area contributed by atoms with Crippen LogP contribution in [0.2, 0.25) is 0 Å². The molecule has 1 heteroatoms. The summed E-state index contributed by atoms with van der Waals surface area (Å²) in [7, 11) is 0. The lowest BCUT2D eigenvalue weighted by molar-refractivity contribution is 0.368. The SMILES string of the molecule is CCC(C)c1ccc(C(Cl)C2CCCCCCC2)cc1. The van der Waals surface area contributed by atoms with Gasteiger partial charge in [-0.15, -0.1) is 11.6 Å². The summed E-state index contributed by atoms with van der Waals surface area (Å²) in [5, 5.41) is 0.207. The fourth-order valence-electron chi connectivity index (χ4n) is 3.30. The van der Waals surface area contributed by atoms with Crippen molar-refractivity contribution >= 4 is 11.6 Å². The van der Waals surface area contributed by atoms with Crippen LogP contribution in [-0.2, 0) is 0 Å². The van der Waals surface area contributed by atoms with E-state index in [9.17, 15) is 0 Å². The van der Waals surface area contributed by atoms with E-state index in [-0.39, 0.29) is 5.38 Å². The molecule has 0 spiro atoms. The molecule has 1 fully saturated rings. The van der Waals surface area contributed by atoms with E-state index in [0.717, 1.165) is 0 Å². The maximum absolute atomic E-state index is 6.78. The van der Waals surface area contributed by atoms with Crippen LogP contribution in [0, 0.1) is 5.92 Å². The molecule has 0 amide bonds. The van der Waals surface area contributed by atoms with Gasteiger partial charge in [0.05, 0.1) is 5.38 Å². The average molecular weight is 293 g/mol.